The molecule has 1 aromatic carbocycles. The van der Waals surface area contributed by atoms with Crippen molar-refractivity contribution in [1.29, 1.82) is 0 Å². The van der Waals surface area contributed by atoms with Crippen LogP contribution < -0.4 is 16.4 Å². The van der Waals surface area contributed by atoms with Crippen LogP contribution in [0.15, 0.2) is 18.2 Å². The molecule has 0 fully saturated rings. The van der Waals surface area contributed by atoms with E-state index in [1.807, 2.05) is 0 Å². The Morgan fingerprint density at radius 1 is 1.24 bits per heavy atom. The SMILES string of the molecule is Cc1ccc(C(F)(F)F)cc1NC(=O)CNC(=O)CN.Cl. The Labute approximate surface area is 125 Å². The number of nitrogens with two attached hydrogens (primary N) is 1. The van der Waals surface area contributed by atoms with Gasteiger partial charge in [-0.05, 0) is 24.6 Å². The molecule has 1 rings (SSSR count). The summed E-state index contributed by atoms with van der Waals surface area (Å²) in [4.78, 5) is 22.4. The fourth-order valence-electron chi connectivity index (χ4n) is 1.38. The van der Waals surface area contributed by atoms with Gasteiger partial charge >= 0.3 is 6.18 Å². The van der Waals surface area contributed by atoms with Crippen molar-refractivity contribution in [3.8, 4) is 0 Å². The lowest BCUT2D eigenvalue weighted by molar-refractivity contribution is -0.137. The van der Waals surface area contributed by atoms with Crippen LogP contribution in [0.4, 0.5) is 18.9 Å². The molecule has 4 N–H and O–H groups in total. The molecule has 0 atom stereocenters. The quantitative estimate of drug-likeness (QED) is 0.783. The Morgan fingerprint density at radius 3 is 2.38 bits per heavy atom. The maximum absolute atomic E-state index is 12.6. The summed E-state index contributed by atoms with van der Waals surface area (Å²) < 4.78 is 37.7. The molecule has 0 bridgehead atoms. The fourth-order valence-corrected chi connectivity index (χ4v) is 1.38. The Balaban J connectivity index is 0.00000400. The molecule has 118 valence electrons. The molecule has 0 heterocycles. The number of anilines is 1. The van der Waals surface area contributed by atoms with Gasteiger partial charge in [0.15, 0.2) is 0 Å². The second kappa shape index (κ2) is 7.84. The Morgan fingerprint density at radius 2 is 1.86 bits per heavy atom. The standard InChI is InChI=1S/C12H14F3N3O2.ClH/c1-7-2-3-8(12(13,14)15)4-9(7)18-11(20)6-17-10(19)5-16;/h2-4H,5-6,16H2,1H3,(H,17,19)(H,18,20);1H. The highest BCUT2D eigenvalue weighted by Crippen LogP contribution is 2.31. The van der Waals surface area contributed by atoms with Gasteiger partial charge < -0.3 is 16.4 Å². The Kier molecular flexibility index (Phi) is 7.17. The van der Waals surface area contributed by atoms with Crippen molar-refractivity contribution in [3.05, 3.63) is 29.3 Å². The topological polar surface area (TPSA) is 84.2 Å². The molecule has 0 unspecified atom stereocenters. The lowest BCUT2D eigenvalue weighted by Crippen LogP contribution is -2.36. The molecule has 0 aliphatic heterocycles. The van der Waals surface area contributed by atoms with Crippen molar-refractivity contribution in [3.63, 3.8) is 0 Å². The number of amides is 2. The fraction of sp³-hybridized carbons (Fsp3) is 0.333. The summed E-state index contributed by atoms with van der Waals surface area (Å²) >= 11 is 0. The molecule has 9 heteroatoms. The number of carbonyl (C=O) groups is 2. The molecule has 0 spiro atoms. The van der Waals surface area contributed by atoms with E-state index >= 15 is 0 Å². The van der Waals surface area contributed by atoms with Crippen molar-refractivity contribution < 1.29 is 22.8 Å². The van der Waals surface area contributed by atoms with Crippen LogP contribution in [0.1, 0.15) is 11.1 Å². The Bertz CT molecular complexity index is 521. The van der Waals surface area contributed by atoms with Gasteiger partial charge in [0, 0.05) is 5.69 Å². The molecule has 5 nitrogen and oxygen atoms in total. The monoisotopic (exact) mass is 325 g/mol. The minimum Gasteiger partial charge on any atom is -0.346 e. The number of rotatable bonds is 4. The van der Waals surface area contributed by atoms with E-state index in [4.69, 9.17) is 5.73 Å². The first-order valence-corrected chi connectivity index (χ1v) is 5.68. The van der Waals surface area contributed by atoms with Crippen molar-refractivity contribution in [2.75, 3.05) is 18.4 Å². The number of carbonyl (C=O) groups excluding carboxylic acids is 2. The zero-order chi connectivity index (χ0) is 15.3. The summed E-state index contributed by atoms with van der Waals surface area (Å²) in [5.41, 5.74) is 4.71. The van der Waals surface area contributed by atoms with Crippen LogP contribution >= 0.6 is 12.4 Å². The third kappa shape index (κ3) is 6.01. The van der Waals surface area contributed by atoms with Gasteiger partial charge in [0.1, 0.15) is 0 Å². The summed E-state index contributed by atoms with van der Waals surface area (Å²) in [5, 5.41) is 4.53. The lowest BCUT2D eigenvalue weighted by Gasteiger charge is -2.12. The average Bonchev–Trinajstić information content (AvgIpc) is 2.37. The summed E-state index contributed by atoms with van der Waals surface area (Å²) in [7, 11) is 0. The molecule has 21 heavy (non-hydrogen) atoms. The van der Waals surface area contributed by atoms with Crippen LogP contribution in [0.5, 0.6) is 0 Å². The first-order chi connectivity index (χ1) is 9.24. The van der Waals surface area contributed by atoms with Gasteiger partial charge in [0.05, 0.1) is 18.7 Å². The second-order valence-corrected chi connectivity index (χ2v) is 4.06. The average molecular weight is 326 g/mol. The zero-order valence-electron chi connectivity index (χ0n) is 11.1. The zero-order valence-corrected chi connectivity index (χ0v) is 11.9. The van der Waals surface area contributed by atoms with Crippen LogP contribution in [0.2, 0.25) is 0 Å². The Hall–Kier alpha value is -1.80. The molecule has 0 saturated carbocycles. The second-order valence-electron chi connectivity index (χ2n) is 4.06. The molecule has 0 aliphatic rings. The molecule has 0 aromatic heterocycles. The molecule has 0 aliphatic carbocycles. The number of hydrogen-bond acceptors (Lipinski definition) is 3. The predicted molar refractivity (Wildman–Crippen MR) is 74.1 cm³/mol. The molecular weight excluding hydrogens is 311 g/mol. The number of hydrogen-bond donors (Lipinski definition) is 3. The maximum atomic E-state index is 12.6. The van der Waals surface area contributed by atoms with E-state index in [0.29, 0.717) is 5.56 Å². The van der Waals surface area contributed by atoms with Crippen molar-refractivity contribution in [2.24, 2.45) is 5.73 Å². The van der Waals surface area contributed by atoms with Crippen molar-refractivity contribution >= 4 is 29.9 Å². The van der Waals surface area contributed by atoms with Crippen LogP contribution in [0.25, 0.3) is 0 Å². The van der Waals surface area contributed by atoms with E-state index in [1.54, 1.807) is 6.92 Å². The van der Waals surface area contributed by atoms with Gasteiger partial charge in [-0.1, -0.05) is 6.07 Å². The van der Waals surface area contributed by atoms with E-state index in [2.05, 4.69) is 10.6 Å². The minimum atomic E-state index is -4.49. The smallest absolute Gasteiger partial charge is 0.346 e. The van der Waals surface area contributed by atoms with Gasteiger partial charge in [0.25, 0.3) is 0 Å². The number of halogens is 4. The van der Waals surface area contributed by atoms with Crippen LogP contribution in [0, 0.1) is 6.92 Å². The summed E-state index contributed by atoms with van der Waals surface area (Å²) in [5.74, 6) is -1.16. The summed E-state index contributed by atoms with van der Waals surface area (Å²) in [6.07, 6.45) is -4.49. The number of nitrogens with one attached hydrogen (secondary N) is 2. The van der Waals surface area contributed by atoms with Gasteiger partial charge in [-0.2, -0.15) is 13.2 Å². The van der Waals surface area contributed by atoms with E-state index in [1.165, 1.54) is 6.07 Å². The maximum Gasteiger partial charge on any atom is 0.416 e. The van der Waals surface area contributed by atoms with E-state index in [-0.39, 0.29) is 31.2 Å². The van der Waals surface area contributed by atoms with Crippen molar-refractivity contribution in [2.45, 2.75) is 13.1 Å². The molecule has 1 aromatic rings. The molecule has 0 radical (unpaired) electrons. The van der Waals surface area contributed by atoms with Gasteiger partial charge in [-0.3, -0.25) is 9.59 Å². The molecule has 0 saturated heterocycles. The lowest BCUT2D eigenvalue weighted by atomic mass is 10.1. The van der Waals surface area contributed by atoms with E-state index in [9.17, 15) is 22.8 Å². The third-order valence-electron chi connectivity index (χ3n) is 2.47. The van der Waals surface area contributed by atoms with Crippen molar-refractivity contribution in [1.82, 2.24) is 5.32 Å². The highest BCUT2D eigenvalue weighted by Gasteiger charge is 2.30. The van der Waals surface area contributed by atoms with Gasteiger partial charge in [-0.25, -0.2) is 0 Å². The summed E-state index contributed by atoms with van der Waals surface area (Å²) in [6.45, 7) is 0.940. The number of benzene rings is 1. The largest absolute Gasteiger partial charge is 0.416 e. The number of alkyl halides is 3. The normalized spacial score (nSPS) is 10.5. The van der Waals surface area contributed by atoms with Gasteiger partial charge in [0.2, 0.25) is 11.8 Å². The first kappa shape index (κ1) is 19.2. The minimum absolute atomic E-state index is 0. The summed E-state index contributed by atoms with van der Waals surface area (Å²) in [6, 6.07) is 3.04. The number of aryl methyl sites for hydroxylation is 1. The van der Waals surface area contributed by atoms with Crippen LogP contribution in [0.3, 0.4) is 0 Å². The highest BCUT2D eigenvalue weighted by atomic mass is 35.5. The highest BCUT2D eigenvalue weighted by molar-refractivity contribution is 5.95. The van der Waals surface area contributed by atoms with Gasteiger partial charge in [-0.15, -0.1) is 12.4 Å². The van der Waals surface area contributed by atoms with Crippen LogP contribution in [-0.2, 0) is 15.8 Å². The molecular formula is C12H15ClF3N3O2. The third-order valence-corrected chi connectivity index (χ3v) is 2.47. The first-order valence-electron chi connectivity index (χ1n) is 5.68. The van der Waals surface area contributed by atoms with E-state index in [0.717, 1.165) is 12.1 Å². The van der Waals surface area contributed by atoms with Crippen LogP contribution in [-0.4, -0.2) is 24.9 Å². The predicted octanol–water partition coefficient (Wildman–Crippen LogP) is 1.45. The molecule has 2 amide bonds. The van der Waals surface area contributed by atoms with E-state index < -0.39 is 23.6 Å².